The second-order valence-corrected chi connectivity index (χ2v) is 5.21. The fourth-order valence-electron chi connectivity index (χ4n) is 2.12. The van der Waals surface area contributed by atoms with Gasteiger partial charge in [0, 0.05) is 19.3 Å². The van der Waals surface area contributed by atoms with Gasteiger partial charge in [-0.1, -0.05) is 20.8 Å². The van der Waals surface area contributed by atoms with E-state index in [9.17, 15) is 29.4 Å². The van der Waals surface area contributed by atoms with Crippen molar-refractivity contribution in [2.24, 2.45) is 0 Å². The molecule has 142 valence electrons. The molecular weight excluding hydrogens is 340 g/mol. The highest BCUT2D eigenvalue weighted by Crippen LogP contribution is 2.28. The van der Waals surface area contributed by atoms with Crippen molar-refractivity contribution in [1.29, 1.82) is 0 Å². The smallest absolute Gasteiger partial charge is 0.337 e. The summed E-state index contributed by atoms with van der Waals surface area (Å²) in [6, 6.07) is 0. The fourth-order valence-corrected chi connectivity index (χ4v) is 2.12. The summed E-state index contributed by atoms with van der Waals surface area (Å²) < 4.78 is 20.1. The Kier molecular flexibility index (Phi) is 7.78. The molecule has 1 aliphatic heterocycles. The van der Waals surface area contributed by atoms with Crippen molar-refractivity contribution < 1.29 is 48.3 Å². The fraction of sp³-hybridized carbons (Fsp3) is 0.733. The number of carboxylic acids is 1. The quantitative estimate of drug-likeness (QED) is 0.459. The Morgan fingerprint density at radius 2 is 1.20 bits per heavy atom. The number of hydrogen-bond acceptors (Lipinski definition) is 9. The number of hydrogen-bond donors (Lipinski definition) is 2. The predicted molar refractivity (Wildman–Crippen MR) is 79.0 cm³/mol. The van der Waals surface area contributed by atoms with Crippen LogP contribution in [0.2, 0.25) is 0 Å². The summed E-state index contributed by atoms with van der Waals surface area (Å²) in [5, 5.41) is 19.3. The van der Waals surface area contributed by atoms with E-state index in [2.05, 4.69) is 0 Å². The second kappa shape index (κ2) is 9.33. The minimum absolute atomic E-state index is 0.0422. The highest BCUT2D eigenvalue weighted by Gasteiger charge is 2.54. The third kappa shape index (κ3) is 5.40. The number of esters is 3. The van der Waals surface area contributed by atoms with Crippen LogP contribution in [0.5, 0.6) is 0 Å². The molecule has 1 aliphatic rings. The molecule has 0 radical (unpaired) electrons. The van der Waals surface area contributed by atoms with Crippen LogP contribution in [-0.4, -0.2) is 64.8 Å². The SMILES string of the molecule is CCC(=O)O[C@@H]1[C@@H](OC(=O)CC)[C@@H](O)O[C@H](C(=O)O)[C@H]1OC(=O)CC. The maximum atomic E-state index is 11.7. The minimum Gasteiger partial charge on any atom is -0.479 e. The van der Waals surface area contributed by atoms with E-state index < -0.39 is 54.6 Å². The summed E-state index contributed by atoms with van der Waals surface area (Å²) in [7, 11) is 0. The molecule has 25 heavy (non-hydrogen) atoms. The number of carbonyl (C=O) groups excluding carboxylic acids is 3. The first-order chi connectivity index (χ1) is 11.7. The molecule has 0 saturated carbocycles. The van der Waals surface area contributed by atoms with Crippen LogP contribution in [0.3, 0.4) is 0 Å². The Morgan fingerprint density at radius 3 is 1.60 bits per heavy atom. The molecule has 1 rings (SSSR count). The third-order valence-corrected chi connectivity index (χ3v) is 3.43. The topological polar surface area (TPSA) is 146 Å². The molecule has 0 amide bonds. The van der Waals surface area contributed by atoms with Crippen LogP contribution in [0.25, 0.3) is 0 Å². The molecule has 0 bridgehead atoms. The van der Waals surface area contributed by atoms with Crippen molar-refractivity contribution in [3.8, 4) is 0 Å². The van der Waals surface area contributed by atoms with Crippen molar-refractivity contribution >= 4 is 23.9 Å². The second-order valence-electron chi connectivity index (χ2n) is 5.21. The number of carbonyl (C=O) groups is 4. The van der Waals surface area contributed by atoms with E-state index in [1.54, 1.807) is 0 Å². The lowest BCUT2D eigenvalue weighted by Crippen LogP contribution is -2.63. The molecule has 0 aromatic heterocycles. The molecule has 0 aromatic rings. The Balaban J connectivity index is 3.22. The molecule has 0 aromatic carbocycles. The van der Waals surface area contributed by atoms with Gasteiger partial charge in [-0.15, -0.1) is 0 Å². The highest BCUT2D eigenvalue weighted by atomic mass is 16.7. The molecule has 0 spiro atoms. The Hall–Kier alpha value is -2.20. The van der Waals surface area contributed by atoms with Crippen LogP contribution >= 0.6 is 0 Å². The number of ether oxygens (including phenoxy) is 4. The van der Waals surface area contributed by atoms with Gasteiger partial charge in [0.15, 0.2) is 30.7 Å². The largest absolute Gasteiger partial charge is 0.479 e. The van der Waals surface area contributed by atoms with E-state index in [1.807, 2.05) is 0 Å². The number of aliphatic hydroxyl groups excluding tert-OH is 1. The number of rotatable bonds is 7. The van der Waals surface area contributed by atoms with Gasteiger partial charge in [0.1, 0.15) is 0 Å². The Morgan fingerprint density at radius 1 is 0.800 bits per heavy atom. The lowest BCUT2D eigenvalue weighted by atomic mass is 9.98. The number of aliphatic hydroxyl groups is 1. The lowest BCUT2D eigenvalue weighted by Gasteiger charge is -2.41. The summed E-state index contributed by atoms with van der Waals surface area (Å²) in [5.74, 6) is -3.79. The van der Waals surface area contributed by atoms with Gasteiger partial charge in [-0.2, -0.15) is 0 Å². The van der Waals surface area contributed by atoms with Crippen LogP contribution in [0.15, 0.2) is 0 Å². The third-order valence-electron chi connectivity index (χ3n) is 3.43. The average molecular weight is 362 g/mol. The van der Waals surface area contributed by atoms with Gasteiger partial charge in [0.05, 0.1) is 0 Å². The van der Waals surface area contributed by atoms with Gasteiger partial charge in [0.25, 0.3) is 0 Å². The zero-order valence-electron chi connectivity index (χ0n) is 14.2. The van der Waals surface area contributed by atoms with Gasteiger partial charge in [-0.3, -0.25) is 14.4 Å². The van der Waals surface area contributed by atoms with Crippen molar-refractivity contribution in [2.45, 2.75) is 70.7 Å². The lowest BCUT2D eigenvalue weighted by molar-refractivity contribution is -0.290. The Labute approximate surface area is 144 Å². The van der Waals surface area contributed by atoms with Crippen LogP contribution in [0, 0.1) is 0 Å². The maximum absolute atomic E-state index is 11.7. The van der Waals surface area contributed by atoms with E-state index in [0.29, 0.717) is 0 Å². The summed E-state index contributed by atoms with van der Waals surface area (Å²) in [6.07, 6.45) is -8.48. The molecule has 1 heterocycles. The molecule has 10 heteroatoms. The van der Waals surface area contributed by atoms with Crippen molar-refractivity contribution in [3.05, 3.63) is 0 Å². The zero-order chi connectivity index (χ0) is 19.1. The molecular formula is C15H22O10. The van der Waals surface area contributed by atoms with E-state index in [1.165, 1.54) is 20.8 Å². The predicted octanol–water partition coefficient (Wildman–Crippen LogP) is -0.246. The van der Waals surface area contributed by atoms with Crippen LogP contribution < -0.4 is 0 Å². The first kappa shape index (κ1) is 20.8. The molecule has 0 aliphatic carbocycles. The normalized spacial score (nSPS) is 28.7. The summed E-state index contributed by atoms with van der Waals surface area (Å²) in [6.45, 7) is 4.48. The van der Waals surface area contributed by atoms with Crippen molar-refractivity contribution in [1.82, 2.24) is 0 Å². The van der Waals surface area contributed by atoms with E-state index in [-0.39, 0.29) is 19.3 Å². The van der Waals surface area contributed by atoms with E-state index in [4.69, 9.17) is 18.9 Å². The monoisotopic (exact) mass is 362 g/mol. The van der Waals surface area contributed by atoms with E-state index >= 15 is 0 Å². The van der Waals surface area contributed by atoms with Crippen molar-refractivity contribution in [3.63, 3.8) is 0 Å². The van der Waals surface area contributed by atoms with Gasteiger partial charge in [0.2, 0.25) is 0 Å². The number of aliphatic carboxylic acids is 1. The summed E-state index contributed by atoms with van der Waals surface area (Å²) in [4.78, 5) is 46.3. The van der Waals surface area contributed by atoms with Gasteiger partial charge in [-0.25, -0.2) is 4.79 Å². The zero-order valence-corrected chi connectivity index (χ0v) is 14.2. The Bertz CT molecular complexity index is 516. The van der Waals surface area contributed by atoms with Gasteiger partial charge in [-0.05, 0) is 0 Å². The van der Waals surface area contributed by atoms with Gasteiger partial charge >= 0.3 is 23.9 Å². The molecule has 0 unspecified atom stereocenters. The summed E-state index contributed by atoms with van der Waals surface area (Å²) in [5.41, 5.74) is 0. The molecule has 1 fully saturated rings. The van der Waals surface area contributed by atoms with Crippen molar-refractivity contribution in [2.75, 3.05) is 0 Å². The molecule has 5 atom stereocenters. The highest BCUT2D eigenvalue weighted by molar-refractivity contribution is 5.76. The maximum Gasteiger partial charge on any atom is 0.337 e. The van der Waals surface area contributed by atoms with Crippen LogP contribution in [-0.2, 0) is 38.1 Å². The first-order valence-corrected chi connectivity index (χ1v) is 7.89. The first-order valence-electron chi connectivity index (χ1n) is 7.89. The van der Waals surface area contributed by atoms with Crippen LogP contribution in [0.4, 0.5) is 0 Å². The summed E-state index contributed by atoms with van der Waals surface area (Å²) >= 11 is 0. The number of carboxylic acid groups (broad SMARTS) is 1. The molecule has 10 nitrogen and oxygen atoms in total. The van der Waals surface area contributed by atoms with E-state index in [0.717, 1.165) is 0 Å². The molecule has 2 N–H and O–H groups in total. The van der Waals surface area contributed by atoms with Gasteiger partial charge < -0.3 is 29.2 Å². The average Bonchev–Trinajstić information content (AvgIpc) is 2.58. The van der Waals surface area contributed by atoms with Crippen LogP contribution in [0.1, 0.15) is 40.0 Å². The molecule has 1 saturated heterocycles. The standard InChI is InChI=1S/C15H22O10/c1-4-7(16)22-10-11(23-8(17)5-2)13(24-9(18)6-3)15(21)25-12(10)14(19)20/h10-13,15,21H,4-6H2,1-3H3,(H,19,20)/t10-,11-,12-,13+,15-/m0/s1. The minimum atomic E-state index is -1.87.